The van der Waals surface area contributed by atoms with E-state index in [0.29, 0.717) is 17.8 Å². The Kier molecular flexibility index (Phi) is 5.80. The summed E-state index contributed by atoms with van der Waals surface area (Å²) in [4.78, 5) is 12.3. The van der Waals surface area contributed by atoms with Crippen molar-refractivity contribution in [2.24, 2.45) is 5.92 Å². The Morgan fingerprint density at radius 2 is 2.12 bits per heavy atom. The van der Waals surface area contributed by atoms with E-state index in [2.05, 4.69) is 26.1 Å². The molecule has 1 fully saturated rings. The second kappa shape index (κ2) is 6.64. The molecule has 1 rings (SSSR count). The van der Waals surface area contributed by atoms with Crippen molar-refractivity contribution < 1.29 is 9.53 Å². The minimum Gasteiger partial charge on any atom is -0.465 e. The number of rotatable bonds is 8. The van der Waals surface area contributed by atoms with E-state index >= 15 is 0 Å². The Hall–Kier alpha value is -0.220. The number of nitrogens with one attached hydrogen (secondary N) is 1. The van der Waals surface area contributed by atoms with Gasteiger partial charge in [0.15, 0.2) is 0 Å². The molecule has 1 atom stereocenters. The Morgan fingerprint density at radius 1 is 1.47 bits per heavy atom. The van der Waals surface area contributed by atoms with E-state index in [1.807, 2.05) is 18.7 Å². The van der Waals surface area contributed by atoms with Crippen molar-refractivity contribution in [1.82, 2.24) is 5.32 Å². The Morgan fingerprint density at radius 3 is 2.53 bits per heavy atom. The monoisotopic (exact) mass is 259 g/mol. The van der Waals surface area contributed by atoms with Crippen molar-refractivity contribution >= 4 is 17.7 Å². The van der Waals surface area contributed by atoms with Crippen LogP contribution in [0.3, 0.4) is 0 Å². The van der Waals surface area contributed by atoms with Gasteiger partial charge in [-0.15, -0.1) is 0 Å². The summed E-state index contributed by atoms with van der Waals surface area (Å²) in [6.45, 7) is 9.53. The summed E-state index contributed by atoms with van der Waals surface area (Å²) in [5, 5.41) is 3.95. The molecule has 0 heterocycles. The predicted octanol–water partition coefficient (Wildman–Crippen LogP) is 2.45. The third-order valence-electron chi connectivity index (χ3n) is 3.05. The van der Waals surface area contributed by atoms with Crippen molar-refractivity contribution in [3.8, 4) is 0 Å². The number of thioether (sulfide) groups is 1. The molecule has 0 saturated heterocycles. The molecule has 17 heavy (non-hydrogen) atoms. The standard InChI is InChI=1S/C13H25NO2S/c1-5-14-13(11-7-8-11,9-17-10(3)4)12(15)16-6-2/h10-11,14H,5-9H2,1-4H3. The zero-order valence-corrected chi connectivity index (χ0v) is 12.2. The maximum Gasteiger partial charge on any atom is 0.327 e. The second-order valence-corrected chi connectivity index (χ2v) is 6.42. The van der Waals surface area contributed by atoms with Gasteiger partial charge in [-0.25, -0.2) is 0 Å². The Bertz CT molecular complexity index is 254. The molecule has 0 radical (unpaired) electrons. The van der Waals surface area contributed by atoms with Crippen molar-refractivity contribution in [3.63, 3.8) is 0 Å². The van der Waals surface area contributed by atoms with Crippen molar-refractivity contribution in [2.75, 3.05) is 18.9 Å². The molecule has 4 heteroatoms. The molecule has 0 aromatic heterocycles. The van der Waals surface area contributed by atoms with Gasteiger partial charge in [-0.05, 0) is 37.5 Å². The van der Waals surface area contributed by atoms with Gasteiger partial charge in [-0.2, -0.15) is 11.8 Å². The van der Waals surface area contributed by atoms with E-state index in [1.54, 1.807) is 0 Å². The van der Waals surface area contributed by atoms with Crippen LogP contribution in [-0.4, -0.2) is 35.7 Å². The average molecular weight is 259 g/mol. The summed E-state index contributed by atoms with van der Waals surface area (Å²) < 4.78 is 5.28. The number of hydrogen-bond acceptors (Lipinski definition) is 4. The highest BCUT2D eigenvalue weighted by atomic mass is 32.2. The SMILES string of the molecule is CCNC(CSC(C)C)(C(=O)OCC)C1CC1. The van der Waals surface area contributed by atoms with Crippen LogP contribution in [0.4, 0.5) is 0 Å². The number of esters is 1. The molecule has 1 saturated carbocycles. The second-order valence-electron chi connectivity index (χ2n) is 4.86. The van der Waals surface area contributed by atoms with E-state index < -0.39 is 5.54 Å². The summed E-state index contributed by atoms with van der Waals surface area (Å²) in [6.07, 6.45) is 2.29. The highest BCUT2D eigenvalue weighted by Gasteiger charge is 2.51. The maximum atomic E-state index is 12.3. The van der Waals surface area contributed by atoms with Crippen LogP contribution in [0.2, 0.25) is 0 Å². The van der Waals surface area contributed by atoms with Gasteiger partial charge >= 0.3 is 5.97 Å². The summed E-state index contributed by atoms with van der Waals surface area (Å²) in [5.74, 6) is 1.23. The van der Waals surface area contributed by atoms with E-state index in [1.165, 1.54) is 0 Å². The van der Waals surface area contributed by atoms with Crippen molar-refractivity contribution in [1.29, 1.82) is 0 Å². The summed E-state index contributed by atoms with van der Waals surface area (Å²) >= 11 is 1.84. The number of carbonyl (C=O) groups is 1. The summed E-state index contributed by atoms with van der Waals surface area (Å²) in [6, 6.07) is 0. The first kappa shape index (κ1) is 14.8. The van der Waals surface area contributed by atoms with E-state index in [0.717, 1.165) is 25.1 Å². The third kappa shape index (κ3) is 3.88. The molecule has 1 unspecified atom stereocenters. The van der Waals surface area contributed by atoms with Gasteiger partial charge < -0.3 is 10.1 Å². The summed E-state index contributed by atoms with van der Waals surface area (Å²) in [5.41, 5.74) is -0.445. The fourth-order valence-corrected chi connectivity index (χ4v) is 3.11. The normalized spacial score (nSPS) is 19.1. The lowest BCUT2D eigenvalue weighted by atomic mass is 9.95. The van der Waals surface area contributed by atoms with E-state index in [-0.39, 0.29) is 5.97 Å². The molecule has 3 nitrogen and oxygen atoms in total. The first-order chi connectivity index (χ1) is 8.06. The third-order valence-corrected chi connectivity index (χ3v) is 4.34. The molecular formula is C13H25NO2S. The van der Waals surface area contributed by atoms with Gasteiger partial charge in [0.1, 0.15) is 5.54 Å². The number of likely N-dealkylation sites (N-methyl/N-ethyl adjacent to an activating group) is 1. The van der Waals surface area contributed by atoms with E-state index in [4.69, 9.17) is 4.74 Å². The topological polar surface area (TPSA) is 38.3 Å². The number of carbonyl (C=O) groups excluding carboxylic acids is 1. The molecule has 0 spiro atoms. The number of ether oxygens (including phenoxy) is 1. The van der Waals surface area contributed by atoms with Gasteiger partial charge in [-0.1, -0.05) is 20.8 Å². The Labute approximate surface area is 109 Å². The largest absolute Gasteiger partial charge is 0.465 e. The molecular weight excluding hydrogens is 234 g/mol. The zero-order chi connectivity index (χ0) is 12.9. The Balaban J connectivity index is 2.75. The fourth-order valence-electron chi connectivity index (χ4n) is 2.06. The highest BCUT2D eigenvalue weighted by Crippen LogP contribution is 2.42. The first-order valence-corrected chi connectivity index (χ1v) is 7.65. The molecule has 1 aliphatic rings. The fraction of sp³-hybridized carbons (Fsp3) is 0.923. The van der Waals surface area contributed by atoms with Gasteiger partial charge in [0, 0.05) is 5.75 Å². The average Bonchev–Trinajstić information content (AvgIpc) is 3.08. The molecule has 0 aliphatic heterocycles. The number of hydrogen-bond donors (Lipinski definition) is 1. The van der Waals surface area contributed by atoms with E-state index in [9.17, 15) is 4.79 Å². The van der Waals surface area contributed by atoms with Crippen LogP contribution in [0.15, 0.2) is 0 Å². The van der Waals surface area contributed by atoms with Crippen LogP contribution in [0.25, 0.3) is 0 Å². The van der Waals surface area contributed by atoms with Crippen LogP contribution in [0.5, 0.6) is 0 Å². The minimum atomic E-state index is -0.445. The van der Waals surface area contributed by atoms with Crippen LogP contribution in [0, 0.1) is 5.92 Å². The minimum absolute atomic E-state index is 0.0579. The lowest BCUT2D eigenvalue weighted by Gasteiger charge is -2.32. The van der Waals surface area contributed by atoms with Crippen LogP contribution in [0.1, 0.15) is 40.5 Å². The molecule has 0 amide bonds. The van der Waals surface area contributed by atoms with Crippen LogP contribution in [-0.2, 0) is 9.53 Å². The van der Waals surface area contributed by atoms with Gasteiger partial charge in [0.25, 0.3) is 0 Å². The molecule has 0 aromatic carbocycles. The van der Waals surface area contributed by atoms with Gasteiger partial charge in [0.05, 0.1) is 6.61 Å². The zero-order valence-electron chi connectivity index (χ0n) is 11.4. The smallest absolute Gasteiger partial charge is 0.327 e. The molecule has 1 aliphatic carbocycles. The predicted molar refractivity (Wildman–Crippen MR) is 73.4 cm³/mol. The molecule has 0 bridgehead atoms. The van der Waals surface area contributed by atoms with Crippen molar-refractivity contribution in [3.05, 3.63) is 0 Å². The highest BCUT2D eigenvalue weighted by molar-refractivity contribution is 7.99. The van der Waals surface area contributed by atoms with Crippen LogP contribution >= 0.6 is 11.8 Å². The maximum absolute atomic E-state index is 12.3. The quantitative estimate of drug-likeness (QED) is 0.680. The van der Waals surface area contributed by atoms with Crippen molar-refractivity contribution in [2.45, 2.75) is 51.3 Å². The van der Waals surface area contributed by atoms with Gasteiger partial charge in [-0.3, -0.25) is 4.79 Å². The lowest BCUT2D eigenvalue weighted by molar-refractivity contribution is -0.151. The molecule has 1 N–H and O–H groups in total. The first-order valence-electron chi connectivity index (χ1n) is 6.60. The van der Waals surface area contributed by atoms with Crippen LogP contribution < -0.4 is 5.32 Å². The lowest BCUT2D eigenvalue weighted by Crippen LogP contribution is -2.57. The van der Waals surface area contributed by atoms with Gasteiger partial charge in [0.2, 0.25) is 0 Å². The molecule has 100 valence electrons. The molecule has 0 aromatic rings. The summed E-state index contributed by atoms with van der Waals surface area (Å²) in [7, 11) is 0.